The lowest BCUT2D eigenvalue weighted by Gasteiger charge is -2.23. The van der Waals surface area contributed by atoms with Crippen LogP contribution in [0.3, 0.4) is 0 Å². The Hall–Kier alpha value is -2.83. The zero-order valence-electron chi connectivity index (χ0n) is 17.5. The van der Waals surface area contributed by atoms with Crippen molar-refractivity contribution in [2.24, 2.45) is 10.9 Å². The fourth-order valence-electron chi connectivity index (χ4n) is 3.04. The summed E-state index contributed by atoms with van der Waals surface area (Å²) in [4.78, 5) is 16.5. The van der Waals surface area contributed by atoms with Crippen molar-refractivity contribution < 1.29 is 22.7 Å². The SMILES string of the molecule is CN=Cc1ccc(OC(CC(C)C)C(=O)N[C@@H](C)c2ccccc2)cc1C(F)(F)F. The van der Waals surface area contributed by atoms with E-state index in [1.54, 1.807) is 0 Å². The van der Waals surface area contributed by atoms with Gasteiger partial charge in [0.1, 0.15) is 5.75 Å². The van der Waals surface area contributed by atoms with E-state index in [1.165, 1.54) is 19.2 Å². The number of nitrogens with zero attached hydrogens (tertiary/aromatic N) is 1. The van der Waals surface area contributed by atoms with Gasteiger partial charge in [-0.2, -0.15) is 13.2 Å². The molecule has 1 N–H and O–H groups in total. The van der Waals surface area contributed by atoms with E-state index >= 15 is 0 Å². The molecule has 162 valence electrons. The van der Waals surface area contributed by atoms with Gasteiger partial charge in [0.05, 0.1) is 11.6 Å². The molecule has 0 spiro atoms. The van der Waals surface area contributed by atoms with Crippen molar-refractivity contribution in [3.8, 4) is 5.75 Å². The topological polar surface area (TPSA) is 50.7 Å². The van der Waals surface area contributed by atoms with Crippen molar-refractivity contribution in [3.63, 3.8) is 0 Å². The molecule has 0 saturated carbocycles. The largest absolute Gasteiger partial charge is 0.481 e. The van der Waals surface area contributed by atoms with Gasteiger partial charge in [0.25, 0.3) is 5.91 Å². The van der Waals surface area contributed by atoms with Gasteiger partial charge in [-0.3, -0.25) is 9.79 Å². The maximum atomic E-state index is 13.4. The second kappa shape index (κ2) is 10.3. The van der Waals surface area contributed by atoms with Crippen LogP contribution in [0.4, 0.5) is 13.2 Å². The standard InChI is InChI=1S/C23H27F3N2O2/c1-15(2)12-21(22(29)28-16(3)17-8-6-5-7-9-17)30-19-11-10-18(14-27-4)20(13-19)23(24,25)26/h5-11,13-16,21H,12H2,1-4H3,(H,28,29)/t16-,21?/m0/s1. The van der Waals surface area contributed by atoms with E-state index in [2.05, 4.69) is 10.3 Å². The molecule has 1 amide bonds. The van der Waals surface area contributed by atoms with Crippen LogP contribution in [0.25, 0.3) is 0 Å². The molecule has 0 aliphatic carbocycles. The van der Waals surface area contributed by atoms with Gasteiger partial charge < -0.3 is 10.1 Å². The summed E-state index contributed by atoms with van der Waals surface area (Å²) in [6.07, 6.45) is -3.96. The van der Waals surface area contributed by atoms with Gasteiger partial charge in [-0.25, -0.2) is 0 Å². The van der Waals surface area contributed by atoms with Gasteiger partial charge in [0.2, 0.25) is 0 Å². The zero-order chi connectivity index (χ0) is 22.3. The van der Waals surface area contributed by atoms with Gasteiger partial charge in [-0.1, -0.05) is 44.2 Å². The van der Waals surface area contributed by atoms with E-state index in [4.69, 9.17) is 4.74 Å². The van der Waals surface area contributed by atoms with Gasteiger partial charge in [-0.05, 0) is 43.0 Å². The smallest absolute Gasteiger partial charge is 0.417 e. The van der Waals surface area contributed by atoms with Crippen LogP contribution < -0.4 is 10.1 Å². The molecule has 0 fully saturated rings. The molecule has 7 heteroatoms. The van der Waals surface area contributed by atoms with E-state index in [1.807, 2.05) is 51.1 Å². The Balaban J connectivity index is 2.24. The third-order valence-electron chi connectivity index (χ3n) is 4.51. The maximum absolute atomic E-state index is 13.4. The highest BCUT2D eigenvalue weighted by atomic mass is 19.4. The van der Waals surface area contributed by atoms with Gasteiger partial charge in [0.15, 0.2) is 6.10 Å². The Bertz CT molecular complexity index is 864. The molecular formula is C23H27F3N2O2. The van der Waals surface area contributed by atoms with Crippen LogP contribution in [0.2, 0.25) is 0 Å². The summed E-state index contributed by atoms with van der Waals surface area (Å²) in [5.41, 5.74) is 0.0172. The number of carbonyl (C=O) groups excluding carboxylic acids is 1. The third-order valence-corrected chi connectivity index (χ3v) is 4.51. The van der Waals surface area contributed by atoms with Crippen LogP contribution in [0.5, 0.6) is 5.75 Å². The first-order chi connectivity index (χ1) is 14.1. The number of rotatable bonds is 8. The van der Waals surface area contributed by atoms with Crippen LogP contribution in [0, 0.1) is 5.92 Å². The Kier molecular flexibility index (Phi) is 8.03. The first-order valence-corrected chi connectivity index (χ1v) is 9.77. The number of alkyl halides is 3. The van der Waals surface area contributed by atoms with Crippen molar-refractivity contribution in [1.82, 2.24) is 5.32 Å². The van der Waals surface area contributed by atoms with Gasteiger partial charge >= 0.3 is 6.18 Å². The molecule has 4 nitrogen and oxygen atoms in total. The monoisotopic (exact) mass is 420 g/mol. The third kappa shape index (κ3) is 6.61. The van der Waals surface area contributed by atoms with E-state index < -0.39 is 17.8 Å². The summed E-state index contributed by atoms with van der Waals surface area (Å²) in [6.45, 7) is 5.69. The highest BCUT2D eigenvalue weighted by Crippen LogP contribution is 2.34. The molecule has 2 aromatic rings. The minimum atomic E-state index is -4.56. The second-order valence-electron chi connectivity index (χ2n) is 7.51. The Morgan fingerprint density at radius 3 is 2.37 bits per heavy atom. The first kappa shape index (κ1) is 23.4. The average Bonchev–Trinajstić information content (AvgIpc) is 2.68. The van der Waals surface area contributed by atoms with Crippen molar-refractivity contribution in [2.75, 3.05) is 7.05 Å². The summed E-state index contributed by atoms with van der Waals surface area (Å²) >= 11 is 0. The number of carbonyl (C=O) groups is 1. The normalized spacial score (nSPS) is 14.0. The van der Waals surface area contributed by atoms with Crippen LogP contribution in [-0.2, 0) is 11.0 Å². The molecule has 0 heterocycles. The molecule has 1 unspecified atom stereocenters. The lowest BCUT2D eigenvalue weighted by Crippen LogP contribution is -2.40. The summed E-state index contributed by atoms with van der Waals surface area (Å²) in [5.74, 6) is -0.266. The van der Waals surface area contributed by atoms with E-state index in [0.29, 0.717) is 6.42 Å². The molecule has 30 heavy (non-hydrogen) atoms. The van der Waals surface area contributed by atoms with E-state index in [0.717, 1.165) is 17.8 Å². The zero-order valence-corrected chi connectivity index (χ0v) is 17.5. The number of amides is 1. The molecule has 2 aromatic carbocycles. The number of hydrogen-bond acceptors (Lipinski definition) is 3. The highest BCUT2D eigenvalue weighted by molar-refractivity contribution is 5.83. The van der Waals surface area contributed by atoms with Crippen LogP contribution in [0.1, 0.15) is 49.9 Å². The predicted octanol–water partition coefficient (Wildman–Crippen LogP) is 5.43. The maximum Gasteiger partial charge on any atom is 0.417 e. The van der Waals surface area contributed by atoms with E-state index in [9.17, 15) is 18.0 Å². The quantitative estimate of drug-likeness (QED) is 0.580. The average molecular weight is 420 g/mol. The minimum absolute atomic E-state index is 0.0104. The number of hydrogen-bond donors (Lipinski definition) is 1. The first-order valence-electron chi connectivity index (χ1n) is 9.77. The lowest BCUT2D eigenvalue weighted by molar-refractivity contribution is -0.137. The Morgan fingerprint density at radius 1 is 1.13 bits per heavy atom. The number of ether oxygens (including phenoxy) is 1. The molecule has 0 saturated heterocycles. The molecule has 2 atom stereocenters. The summed E-state index contributed by atoms with van der Waals surface area (Å²) in [6, 6.07) is 12.8. The Labute approximate surface area is 175 Å². The lowest BCUT2D eigenvalue weighted by atomic mass is 10.0. The number of nitrogens with one attached hydrogen (secondary N) is 1. The number of benzene rings is 2. The van der Waals surface area contributed by atoms with Crippen molar-refractivity contribution in [3.05, 3.63) is 65.2 Å². The number of aliphatic imine (C=N–C) groups is 1. The molecule has 0 radical (unpaired) electrons. The summed E-state index contributed by atoms with van der Waals surface area (Å²) < 4.78 is 46.0. The molecule has 2 rings (SSSR count). The van der Waals surface area contributed by atoms with Crippen LogP contribution in [0.15, 0.2) is 53.5 Å². The number of halogens is 3. The molecule has 0 bridgehead atoms. The van der Waals surface area contributed by atoms with Gasteiger partial charge in [0, 0.05) is 18.8 Å². The van der Waals surface area contributed by atoms with E-state index in [-0.39, 0.29) is 29.2 Å². The van der Waals surface area contributed by atoms with Crippen molar-refractivity contribution in [1.29, 1.82) is 0 Å². The molecule has 0 aliphatic rings. The molecular weight excluding hydrogens is 393 g/mol. The second-order valence-corrected chi connectivity index (χ2v) is 7.51. The van der Waals surface area contributed by atoms with Crippen LogP contribution in [-0.4, -0.2) is 25.3 Å². The Morgan fingerprint density at radius 2 is 1.80 bits per heavy atom. The van der Waals surface area contributed by atoms with Crippen LogP contribution >= 0.6 is 0 Å². The van der Waals surface area contributed by atoms with Crippen molar-refractivity contribution >= 4 is 12.1 Å². The van der Waals surface area contributed by atoms with Gasteiger partial charge in [-0.15, -0.1) is 0 Å². The summed E-state index contributed by atoms with van der Waals surface area (Å²) in [5, 5.41) is 2.89. The fourth-order valence-corrected chi connectivity index (χ4v) is 3.04. The highest BCUT2D eigenvalue weighted by Gasteiger charge is 2.34. The molecule has 0 aromatic heterocycles. The van der Waals surface area contributed by atoms with Crippen molar-refractivity contribution in [2.45, 2.75) is 45.5 Å². The predicted molar refractivity (Wildman–Crippen MR) is 112 cm³/mol. The minimum Gasteiger partial charge on any atom is -0.481 e. The fraction of sp³-hybridized carbons (Fsp3) is 0.391. The summed E-state index contributed by atoms with van der Waals surface area (Å²) in [7, 11) is 1.40. The molecule has 0 aliphatic heterocycles.